The average Bonchev–Trinajstić information content (AvgIpc) is 3.51. The molecule has 4 aromatic rings. The Labute approximate surface area is 188 Å². The quantitative estimate of drug-likeness (QED) is 0.405. The van der Waals surface area contributed by atoms with E-state index in [-0.39, 0.29) is 5.92 Å². The predicted octanol–water partition coefficient (Wildman–Crippen LogP) is 4.90. The first-order chi connectivity index (χ1) is 15.9. The molecule has 0 radical (unpaired) electrons. The van der Waals surface area contributed by atoms with Gasteiger partial charge in [-0.25, -0.2) is 27.8 Å². The summed E-state index contributed by atoms with van der Waals surface area (Å²) in [6.45, 7) is 2.48. The minimum absolute atomic E-state index is 0.345. The number of hydrogen-bond acceptors (Lipinski definition) is 4. The highest BCUT2D eigenvalue weighted by Crippen LogP contribution is 2.34. The minimum atomic E-state index is -1.47. The number of ether oxygens (including phenoxy) is 1. The Kier molecular flexibility index (Phi) is 5.24. The van der Waals surface area contributed by atoms with E-state index >= 15 is 0 Å². The molecule has 0 fully saturated rings. The van der Waals surface area contributed by atoms with Gasteiger partial charge >= 0.3 is 0 Å². The molecule has 168 valence electrons. The molecule has 0 aliphatic carbocycles. The second-order valence-corrected chi connectivity index (χ2v) is 7.88. The number of aryl methyl sites for hydroxylation is 2. The van der Waals surface area contributed by atoms with Crippen molar-refractivity contribution in [1.82, 2.24) is 24.3 Å². The Morgan fingerprint density at radius 2 is 1.88 bits per heavy atom. The monoisotopic (exact) mass is 451 g/mol. The van der Waals surface area contributed by atoms with Crippen molar-refractivity contribution in [3.8, 4) is 11.4 Å². The van der Waals surface area contributed by atoms with Gasteiger partial charge in [0.2, 0.25) is 0 Å². The molecule has 1 unspecified atom stereocenters. The van der Waals surface area contributed by atoms with Gasteiger partial charge in [0.15, 0.2) is 23.3 Å². The van der Waals surface area contributed by atoms with Crippen LogP contribution in [0.3, 0.4) is 0 Å². The first-order valence-electron chi connectivity index (χ1n) is 10.4. The first-order valence-corrected chi connectivity index (χ1v) is 10.4. The van der Waals surface area contributed by atoms with Crippen LogP contribution < -0.4 is 4.74 Å². The zero-order valence-electron chi connectivity index (χ0n) is 18.0. The lowest BCUT2D eigenvalue weighted by atomic mass is 9.97. The molecule has 2 aromatic carbocycles. The molecule has 33 heavy (non-hydrogen) atoms. The highest BCUT2D eigenvalue weighted by Gasteiger charge is 2.29. The lowest BCUT2D eigenvalue weighted by molar-refractivity contribution is 0.413. The largest absolute Gasteiger partial charge is 0.495 e. The van der Waals surface area contributed by atoms with E-state index in [2.05, 4.69) is 15.1 Å². The smallest absolute Gasteiger partial charge is 0.194 e. The van der Waals surface area contributed by atoms with Crippen LogP contribution in [0.25, 0.3) is 17.8 Å². The number of nitrogens with zero attached hydrogens (tertiary/aromatic N) is 5. The van der Waals surface area contributed by atoms with Gasteiger partial charge in [0.05, 0.1) is 24.8 Å². The van der Waals surface area contributed by atoms with Crippen molar-refractivity contribution < 1.29 is 17.9 Å². The highest BCUT2D eigenvalue weighted by atomic mass is 19.2. The van der Waals surface area contributed by atoms with Crippen LogP contribution in [0.15, 0.2) is 42.9 Å². The van der Waals surface area contributed by atoms with Crippen LogP contribution in [0, 0.1) is 24.4 Å². The molecule has 0 N–H and O–H groups in total. The fourth-order valence-corrected chi connectivity index (χ4v) is 4.07. The van der Waals surface area contributed by atoms with E-state index in [1.54, 1.807) is 24.2 Å². The summed E-state index contributed by atoms with van der Waals surface area (Å²) in [5.41, 5.74) is 3.02. The Morgan fingerprint density at radius 3 is 2.58 bits per heavy atom. The first kappa shape index (κ1) is 21.0. The van der Waals surface area contributed by atoms with E-state index in [0.717, 1.165) is 29.1 Å². The summed E-state index contributed by atoms with van der Waals surface area (Å²) in [6, 6.07) is 7.84. The lowest BCUT2D eigenvalue weighted by Gasteiger charge is -2.10. The number of aromatic nitrogens is 5. The maximum Gasteiger partial charge on any atom is 0.194 e. The van der Waals surface area contributed by atoms with Crippen LogP contribution in [-0.4, -0.2) is 31.4 Å². The van der Waals surface area contributed by atoms with Crippen molar-refractivity contribution in [2.45, 2.75) is 25.8 Å². The van der Waals surface area contributed by atoms with Gasteiger partial charge in [0, 0.05) is 18.7 Å². The fraction of sp³-hybridized carbons (Fsp3) is 0.208. The van der Waals surface area contributed by atoms with Crippen LogP contribution in [0.1, 0.15) is 40.8 Å². The number of rotatable bonds is 5. The number of benzene rings is 2. The maximum atomic E-state index is 13.7. The van der Waals surface area contributed by atoms with Crippen molar-refractivity contribution in [2.24, 2.45) is 0 Å². The van der Waals surface area contributed by atoms with Crippen molar-refractivity contribution in [3.63, 3.8) is 0 Å². The Hall–Kier alpha value is -3.88. The number of hydrogen-bond donors (Lipinski definition) is 0. The third kappa shape index (κ3) is 3.90. The van der Waals surface area contributed by atoms with Gasteiger partial charge in [0.1, 0.15) is 11.6 Å². The van der Waals surface area contributed by atoms with Gasteiger partial charge in [-0.1, -0.05) is 12.1 Å². The van der Waals surface area contributed by atoms with Crippen molar-refractivity contribution in [2.75, 3.05) is 7.11 Å². The van der Waals surface area contributed by atoms with Crippen LogP contribution in [0.4, 0.5) is 13.2 Å². The molecule has 1 aliphatic rings. The standard InChI is InChI=1S/C24H20F3N5O/c1-14-12-31(13-28-14)20-5-3-15(9-21(20)33-2)4-6-22-29-24-17(7-8-32(24)30-22)16-10-18(25)23(27)19(26)11-16/h3-6,9-13,17H,7-8H2,1-2H3. The van der Waals surface area contributed by atoms with E-state index in [9.17, 15) is 13.2 Å². The lowest BCUT2D eigenvalue weighted by Crippen LogP contribution is -2.02. The molecule has 0 saturated carbocycles. The SMILES string of the molecule is COc1cc(C=Cc2nc3n(n2)CCC3c2cc(F)c(F)c(F)c2)ccc1-n1cnc(C)c1. The Balaban J connectivity index is 1.39. The molecule has 1 atom stereocenters. The summed E-state index contributed by atoms with van der Waals surface area (Å²) < 4.78 is 49.9. The van der Waals surface area contributed by atoms with Crippen molar-refractivity contribution >= 4 is 12.2 Å². The van der Waals surface area contributed by atoms with Gasteiger partial charge in [-0.05, 0) is 54.8 Å². The molecule has 0 spiro atoms. The number of halogens is 3. The van der Waals surface area contributed by atoms with Gasteiger partial charge in [-0.15, -0.1) is 0 Å². The van der Waals surface area contributed by atoms with E-state index in [4.69, 9.17) is 4.74 Å². The summed E-state index contributed by atoms with van der Waals surface area (Å²) in [5, 5.41) is 4.47. The average molecular weight is 451 g/mol. The maximum absolute atomic E-state index is 13.7. The summed E-state index contributed by atoms with van der Waals surface area (Å²) in [7, 11) is 1.61. The molecule has 9 heteroatoms. The van der Waals surface area contributed by atoms with Crippen molar-refractivity contribution in [3.05, 3.63) is 88.8 Å². The second-order valence-electron chi connectivity index (χ2n) is 7.88. The fourth-order valence-electron chi connectivity index (χ4n) is 4.07. The molecular formula is C24H20F3N5O. The van der Waals surface area contributed by atoms with Gasteiger partial charge in [-0.2, -0.15) is 5.10 Å². The number of imidazole rings is 1. The van der Waals surface area contributed by atoms with Gasteiger partial charge in [-0.3, -0.25) is 0 Å². The molecular weight excluding hydrogens is 431 g/mol. The minimum Gasteiger partial charge on any atom is -0.495 e. The topological polar surface area (TPSA) is 57.8 Å². The highest BCUT2D eigenvalue weighted by molar-refractivity contribution is 5.69. The van der Waals surface area contributed by atoms with E-state index in [1.165, 1.54) is 0 Å². The number of fused-ring (bicyclic) bond motifs is 1. The molecule has 0 saturated heterocycles. The summed E-state index contributed by atoms with van der Waals surface area (Å²) in [5.74, 6) is -2.45. The van der Waals surface area contributed by atoms with Gasteiger partial charge in [0.25, 0.3) is 0 Å². The van der Waals surface area contributed by atoms with Gasteiger partial charge < -0.3 is 9.30 Å². The summed E-state index contributed by atoms with van der Waals surface area (Å²) in [6.07, 6.45) is 7.87. The Bertz CT molecular complexity index is 1350. The third-order valence-corrected chi connectivity index (χ3v) is 5.68. The van der Waals surface area contributed by atoms with Crippen molar-refractivity contribution in [1.29, 1.82) is 0 Å². The second kappa shape index (κ2) is 8.23. The Morgan fingerprint density at radius 1 is 1.09 bits per heavy atom. The third-order valence-electron chi connectivity index (χ3n) is 5.68. The molecule has 5 rings (SSSR count). The molecule has 6 nitrogen and oxygen atoms in total. The van der Waals surface area contributed by atoms with E-state index in [0.29, 0.717) is 35.9 Å². The normalized spacial score (nSPS) is 15.4. The zero-order chi connectivity index (χ0) is 23.1. The molecule has 3 heterocycles. The van der Waals surface area contributed by atoms with E-state index < -0.39 is 17.5 Å². The molecule has 0 bridgehead atoms. The molecule has 2 aromatic heterocycles. The summed E-state index contributed by atoms with van der Waals surface area (Å²) >= 11 is 0. The van der Waals surface area contributed by atoms with E-state index in [1.807, 2.05) is 42.0 Å². The predicted molar refractivity (Wildman–Crippen MR) is 117 cm³/mol. The van der Waals surface area contributed by atoms with Crippen LogP contribution in [0.2, 0.25) is 0 Å². The van der Waals surface area contributed by atoms with Crippen LogP contribution >= 0.6 is 0 Å². The van der Waals surface area contributed by atoms with Crippen LogP contribution in [-0.2, 0) is 6.54 Å². The molecule has 1 aliphatic heterocycles. The molecule has 0 amide bonds. The number of methoxy groups -OCH3 is 1. The summed E-state index contributed by atoms with van der Waals surface area (Å²) in [4.78, 5) is 8.79. The van der Waals surface area contributed by atoms with Crippen LogP contribution in [0.5, 0.6) is 5.75 Å². The zero-order valence-corrected chi connectivity index (χ0v) is 18.0.